The van der Waals surface area contributed by atoms with Gasteiger partial charge in [-0.1, -0.05) is 11.6 Å². The smallest absolute Gasteiger partial charge is 0.307 e. The van der Waals surface area contributed by atoms with Crippen molar-refractivity contribution in [3.8, 4) is 0 Å². The van der Waals surface area contributed by atoms with Crippen molar-refractivity contribution < 1.29 is 19.8 Å². The lowest BCUT2D eigenvalue weighted by atomic mass is 9.62. The number of allylic oxidation sites excluding steroid dienone is 2. The third-order valence-electron chi connectivity index (χ3n) is 6.77. The number of hydrogen-bond acceptors (Lipinski definition) is 2. The molecule has 0 amide bonds. The van der Waals surface area contributed by atoms with Crippen LogP contribution in [0.1, 0.15) is 26.2 Å². The molecule has 4 rings (SSSR count). The summed E-state index contributed by atoms with van der Waals surface area (Å²) in [4.78, 5) is 23.1. The Labute approximate surface area is 117 Å². The molecule has 0 heterocycles. The summed E-state index contributed by atoms with van der Waals surface area (Å²) in [6.45, 7) is 2.08. The molecule has 4 bridgehead atoms. The highest BCUT2D eigenvalue weighted by molar-refractivity contribution is 5.82. The molecule has 4 nitrogen and oxygen atoms in total. The number of fused-ring (bicyclic) bond motifs is 9. The normalized spacial score (nSPS) is 53.5. The molecule has 0 radical (unpaired) electrons. The second kappa shape index (κ2) is 3.86. The fourth-order valence-corrected chi connectivity index (χ4v) is 6.45. The van der Waals surface area contributed by atoms with Gasteiger partial charge in [0.15, 0.2) is 0 Å². The largest absolute Gasteiger partial charge is 0.481 e. The molecule has 8 atom stereocenters. The highest BCUT2D eigenvalue weighted by Gasteiger charge is 2.69. The van der Waals surface area contributed by atoms with E-state index >= 15 is 0 Å². The third kappa shape index (κ3) is 1.28. The molecular formula is C16H20O4. The monoisotopic (exact) mass is 276 g/mol. The van der Waals surface area contributed by atoms with Crippen molar-refractivity contribution in [3.63, 3.8) is 0 Å². The van der Waals surface area contributed by atoms with Gasteiger partial charge in [0.05, 0.1) is 11.8 Å². The lowest BCUT2D eigenvalue weighted by Gasteiger charge is -2.41. The SMILES string of the molecule is C/C=C1\CC2CC1C1C3CC(C(C(=O)O)C3C(=O)O)C21. The van der Waals surface area contributed by atoms with Crippen LogP contribution in [0.25, 0.3) is 0 Å². The second-order valence-electron chi connectivity index (χ2n) is 7.12. The Morgan fingerprint density at radius 2 is 1.65 bits per heavy atom. The number of carboxylic acid groups (broad SMARTS) is 2. The minimum Gasteiger partial charge on any atom is -0.481 e. The lowest BCUT2D eigenvalue weighted by molar-refractivity contribution is -0.159. The number of rotatable bonds is 2. The van der Waals surface area contributed by atoms with Gasteiger partial charge in [-0.25, -0.2) is 0 Å². The molecule has 4 aliphatic carbocycles. The van der Waals surface area contributed by atoms with E-state index in [4.69, 9.17) is 0 Å². The van der Waals surface area contributed by atoms with Crippen LogP contribution in [0.2, 0.25) is 0 Å². The quantitative estimate of drug-likeness (QED) is 0.599. The van der Waals surface area contributed by atoms with Gasteiger partial charge in [-0.05, 0) is 61.7 Å². The van der Waals surface area contributed by atoms with E-state index in [1.165, 1.54) is 12.0 Å². The molecule has 0 aromatic carbocycles. The van der Waals surface area contributed by atoms with Crippen LogP contribution in [0.5, 0.6) is 0 Å². The summed E-state index contributed by atoms with van der Waals surface area (Å²) in [5, 5.41) is 19.0. The lowest BCUT2D eigenvalue weighted by Crippen LogP contribution is -2.44. The van der Waals surface area contributed by atoms with Gasteiger partial charge in [-0.2, -0.15) is 0 Å². The zero-order valence-electron chi connectivity index (χ0n) is 11.5. The van der Waals surface area contributed by atoms with Crippen molar-refractivity contribution in [2.75, 3.05) is 0 Å². The first-order valence-electron chi connectivity index (χ1n) is 7.65. The number of carboxylic acids is 2. The summed E-state index contributed by atoms with van der Waals surface area (Å²) in [5.74, 6) is -0.809. The molecule has 0 aromatic heterocycles. The molecule has 4 aliphatic rings. The first-order chi connectivity index (χ1) is 9.54. The molecule has 4 fully saturated rings. The Kier molecular flexibility index (Phi) is 2.40. The van der Waals surface area contributed by atoms with E-state index in [9.17, 15) is 19.8 Å². The zero-order chi connectivity index (χ0) is 14.2. The van der Waals surface area contributed by atoms with Crippen LogP contribution < -0.4 is 0 Å². The predicted octanol–water partition coefficient (Wildman–Crippen LogP) is 2.26. The molecule has 0 aliphatic heterocycles. The molecule has 0 saturated heterocycles. The van der Waals surface area contributed by atoms with Crippen molar-refractivity contribution in [1.82, 2.24) is 0 Å². The maximum absolute atomic E-state index is 11.6. The van der Waals surface area contributed by atoms with Crippen LogP contribution in [-0.2, 0) is 9.59 Å². The standard InChI is InChI=1S/C16H20O4/c1-2-6-3-7-4-8(6)12-10-5-9(11(7)12)13(15(17)18)14(10)16(19)20/h2,7-14H,3-5H2,1H3,(H,17,18)(H,19,20)/b6-2+. The molecule has 8 unspecified atom stereocenters. The van der Waals surface area contributed by atoms with Gasteiger partial charge in [-0.3, -0.25) is 9.59 Å². The molecular weight excluding hydrogens is 256 g/mol. The van der Waals surface area contributed by atoms with Crippen molar-refractivity contribution in [3.05, 3.63) is 11.6 Å². The Bertz CT molecular complexity index is 523. The average molecular weight is 276 g/mol. The fraction of sp³-hybridized carbons (Fsp3) is 0.750. The summed E-state index contributed by atoms with van der Waals surface area (Å²) in [7, 11) is 0. The summed E-state index contributed by atoms with van der Waals surface area (Å²) >= 11 is 0. The third-order valence-corrected chi connectivity index (χ3v) is 6.77. The summed E-state index contributed by atoms with van der Waals surface area (Å²) in [5.41, 5.74) is 1.50. The molecule has 2 N–H and O–H groups in total. The maximum Gasteiger partial charge on any atom is 0.307 e. The number of hydrogen-bond donors (Lipinski definition) is 2. The van der Waals surface area contributed by atoms with Crippen LogP contribution in [0, 0.1) is 47.3 Å². The number of carbonyl (C=O) groups is 2. The Morgan fingerprint density at radius 3 is 2.20 bits per heavy atom. The van der Waals surface area contributed by atoms with Crippen molar-refractivity contribution in [1.29, 1.82) is 0 Å². The number of aliphatic carboxylic acids is 2. The molecule has 20 heavy (non-hydrogen) atoms. The first kappa shape index (κ1) is 12.4. The summed E-state index contributed by atoms with van der Waals surface area (Å²) in [6, 6.07) is 0. The molecule has 108 valence electrons. The molecule has 4 heteroatoms. The second-order valence-corrected chi connectivity index (χ2v) is 7.12. The van der Waals surface area contributed by atoms with E-state index in [0.29, 0.717) is 23.7 Å². The Balaban J connectivity index is 1.73. The maximum atomic E-state index is 11.6. The van der Waals surface area contributed by atoms with Gasteiger partial charge >= 0.3 is 11.9 Å². The van der Waals surface area contributed by atoms with Gasteiger partial charge < -0.3 is 10.2 Å². The fourth-order valence-electron chi connectivity index (χ4n) is 6.45. The van der Waals surface area contributed by atoms with Crippen molar-refractivity contribution in [2.45, 2.75) is 26.2 Å². The van der Waals surface area contributed by atoms with E-state index in [2.05, 4.69) is 13.0 Å². The Morgan fingerprint density at radius 1 is 1.05 bits per heavy atom. The van der Waals surface area contributed by atoms with Gasteiger partial charge in [0.1, 0.15) is 0 Å². The van der Waals surface area contributed by atoms with Crippen molar-refractivity contribution >= 4 is 11.9 Å². The van der Waals surface area contributed by atoms with Crippen LogP contribution in [-0.4, -0.2) is 22.2 Å². The van der Waals surface area contributed by atoms with Gasteiger partial charge in [0, 0.05) is 0 Å². The van der Waals surface area contributed by atoms with Crippen LogP contribution >= 0.6 is 0 Å². The van der Waals surface area contributed by atoms with Gasteiger partial charge in [0.2, 0.25) is 0 Å². The van der Waals surface area contributed by atoms with E-state index in [1.807, 2.05) is 0 Å². The zero-order valence-corrected chi connectivity index (χ0v) is 11.5. The molecule has 0 aromatic rings. The predicted molar refractivity (Wildman–Crippen MR) is 70.8 cm³/mol. The topological polar surface area (TPSA) is 74.6 Å². The first-order valence-corrected chi connectivity index (χ1v) is 7.65. The van der Waals surface area contributed by atoms with Crippen LogP contribution in [0.3, 0.4) is 0 Å². The van der Waals surface area contributed by atoms with Gasteiger partial charge in [-0.15, -0.1) is 0 Å². The van der Waals surface area contributed by atoms with Crippen molar-refractivity contribution in [2.24, 2.45) is 47.3 Å². The highest BCUT2D eigenvalue weighted by Crippen LogP contribution is 2.71. The molecule has 4 saturated carbocycles. The van der Waals surface area contributed by atoms with Crippen LogP contribution in [0.15, 0.2) is 11.6 Å². The van der Waals surface area contributed by atoms with E-state index < -0.39 is 23.8 Å². The van der Waals surface area contributed by atoms with E-state index in [1.54, 1.807) is 0 Å². The minimum atomic E-state index is -0.895. The van der Waals surface area contributed by atoms with Gasteiger partial charge in [0.25, 0.3) is 0 Å². The minimum absolute atomic E-state index is 0.0915. The van der Waals surface area contributed by atoms with E-state index in [-0.39, 0.29) is 11.8 Å². The Hall–Kier alpha value is -1.32. The molecule has 0 spiro atoms. The highest BCUT2D eigenvalue weighted by atomic mass is 16.4. The summed E-state index contributed by atoms with van der Waals surface area (Å²) < 4.78 is 0. The summed E-state index contributed by atoms with van der Waals surface area (Å²) in [6.07, 6.45) is 5.32. The van der Waals surface area contributed by atoms with E-state index in [0.717, 1.165) is 12.8 Å². The van der Waals surface area contributed by atoms with Crippen LogP contribution in [0.4, 0.5) is 0 Å². The average Bonchev–Trinajstić information content (AvgIpc) is 3.12.